The summed E-state index contributed by atoms with van der Waals surface area (Å²) >= 11 is 1.32. The molecular weight excluding hydrogens is 270 g/mol. The molecule has 8 heteroatoms. The van der Waals surface area contributed by atoms with E-state index >= 15 is 0 Å². The van der Waals surface area contributed by atoms with Crippen molar-refractivity contribution >= 4 is 28.5 Å². The zero-order valence-corrected chi connectivity index (χ0v) is 10.9. The minimum absolute atomic E-state index is 0.0338. The van der Waals surface area contributed by atoms with E-state index in [0.717, 1.165) is 18.5 Å². The second-order valence-corrected chi connectivity index (χ2v) is 5.21. The first-order chi connectivity index (χ1) is 9.10. The van der Waals surface area contributed by atoms with Crippen molar-refractivity contribution in [1.29, 1.82) is 0 Å². The van der Waals surface area contributed by atoms with E-state index in [1.807, 2.05) is 5.38 Å². The van der Waals surface area contributed by atoms with Crippen LogP contribution in [0.1, 0.15) is 30.9 Å². The van der Waals surface area contributed by atoms with Gasteiger partial charge in [-0.3, -0.25) is 5.32 Å². The van der Waals surface area contributed by atoms with Crippen LogP contribution in [0.3, 0.4) is 0 Å². The van der Waals surface area contributed by atoms with Crippen LogP contribution in [0.5, 0.6) is 0 Å². The van der Waals surface area contributed by atoms with Crippen LogP contribution in [-0.4, -0.2) is 39.8 Å². The number of carbonyl (C=O) groups excluding carboxylic acids is 1. The number of carbonyl (C=O) groups is 2. The highest BCUT2D eigenvalue weighted by molar-refractivity contribution is 7.13. The van der Waals surface area contributed by atoms with E-state index in [4.69, 9.17) is 10.2 Å². The molecule has 1 heterocycles. The number of carboxylic acids is 1. The second-order valence-electron chi connectivity index (χ2n) is 4.35. The van der Waals surface area contributed by atoms with Gasteiger partial charge in [0.15, 0.2) is 5.13 Å². The van der Waals surface area contributed by atoms with Gasteiger partial charge in [-0.05, 0) is 12.8 Å². The number of aliphatic hydroxyl groups excluding tert-OH is 1. The summed E-state index contributed by atoms with van der Waals surface area (Å²) < 4.78 is 0. The maximum absolute atomic E-state index is 11.6. The average molecular weight is 285 g/mol. The lowest BCUT2D eigenvalue weighted by atomic mass is 10.2. The number of hydrogen-bond donors (Lipinski definition) is 4. The highest BCUT2D eigenvalue weighted by Crippen LogP contribution is 2.40. The lowest BCUT2D eigenvalue weighted by Crippen LogP contribution is -2.43. The molecule has 2 rings (SSSR count). The molecule has 1 atom stereocenters. The van der Waals surface area contributed by atoms with E-state index in [9.17, 15) is 9.59 Å². The number of urea groups is 1. The van der Waals surface area contributed by atoms with Crippen molar-refractivity contribution in [1.82, 2.24) is 10.3 Å². The Balaban J connectivity index is 1.86. The lowest BCUT2D eigenvalue weighted by molar-refractivity contribution is -0.139. The van der Waals surface area contributed by atoms with Crippen LogP contribution >= 0.6 is 11.3 Å². The van der Waals surface area contributed by atoms with Gasteiger partial charge in [0.2, 0.25) is 0 Å². The van der Waals surface area contributed by atoms with Crippen molar-refractivity contribution in [2.24, 2.45) is 0 Å². The number of rotatable bonds is 6. The third kappa shape index (κ3) is 3.90. The average Bonchev–Trinajstić information content (AvgIpc) is 3.10. The summed E-state index contributed by atoms with van der Waals surface area (Å²) in [5.74, 6) is -0.668. The Kier molecular flexibility index (Phi) is 4.33. The Hall–Kier alpha value is -1.67. The van der Waals surface area contributed by atoms with Gasteiger partial charge in [0.1, 0.15) is 6.04 Å². The Labute approximate surface area is 113 Å². The first kappa shape index (κ1) is 13.8. The van der Waals surface area contributed by atoms with Crippen molar-refractivity contribution in [3.05, 3.63) is 11.1 Å². The van der Waals surface area contributed by atoms with Gasteiger partial charge in [-0.1, -0.05) is 0 Å². The molecular formula is C11H15N3O4S. The second kappa shape index (κ2) is 5.98. The molecule has 1 aliphatic carbocycles. The molecule has 104 valence electrons. The predicted molar refractivity (Wildman–Crippen MR) is 69.4 cm³/mol. The Morgan fingerprint density at radius 1 is 1.53 bits per heavy atom. The quantitative estimate of drug-likeness (QED) is 0.622. The summed E-state index contributed by atoms with van der Waals surface area (Å²) in [6.07, 6.45) is 2.23. The van der Waals surface area contributed by atoms with Crippen LogP contribution in [0.2, 0.25) is 0 Å². The van der Waals surface area contributed by atoms with Crippen molar-refractivity contribution < 1.29 is 19.8 Å². The molecule has 19 heavy (non-hydrogen) atoms. The van der Waals surface area contributed by atoms with Gasteiger partial charge < -0.3 is 15.5 Å². The molecule has 0 spiro atoms. The molecule has 0 radical (unpaired) electrons. The number of nitrogens with one attached hydrogen (secondary N) is 2. The van der Waals surface area contributed by atoms with Gasteiger partial charge in [0, 0.05) is 24.3 Å². The minimum Gasteiger partial charge on any atom is -0.480 e. The van der Waals surface area contributed by atoms with Crippen LogP contribution in [0.15, 0.2) is 5.38 Å². The van der Waals surface area contributed by atoms with E-state index in [1.165, 1.54) is 11.3 Å². The molecule has 2 amide bonds. The monoisotopic (exact) mass is 285 g/mol. The highest BCUT2D eigenvalue weighted by atomic mass is 32.1. The summed E-state index contributed by atoms with van der Waals surface area (Å²) in [7, 11) is 0. The fourth-order valence-electron chi connectivity index (χ4n) is 1.59. The zero-order chi connectivity index (χ0) is 13.8. The molecule has 0 saturated heterocycles. The van der Waals surface area contributed by atoms with Crippen molar-refractivity contribution in [3.63, 3.8) is 0 Å². The number of amides is 2. The van der Waals surface area contributed by atoms with Crippen molar-refractivity contribution in [2.45, 2.75) is 31.2 Å². The molecule has 4 N–H and O–H groups in total. The molecule has 1 fully saturated rings. The predicted octanol–water partition coefficient (Wildman–Crippen LogP) is 0.978. The van der Waals surface area contributed by atoms with E-state index in [2.05, 4.69) is 15.6 Å². The Morgan fingerprint density at radius 3 is 2.84 bits per heavy atom. The van der Waals surface area contributed by atoms with Gasteiger partial charge in [-0.15, -0.1) is 11.3 Å². The summed E-state index contributed by atoms with van der Waals surface area (Å²) in [4.78, 5) is 26.7. The van der Waals surface area contributed by atoms with E-state index < -0.39 is 18.0 Å². The normalized spacial score (nSPS) is 15.8. The molecule has 0 aromatic carbocycles. The third-order valence-electron chi connectivity index (χ3n) is 2.76. The largest absolute Gasteiger partial charge is 0.480 e. The molecule has 0 bridgehead atoms. The fourth-order valence-corrected chi connectivity index (χ4v) is 2.38. The van der Waals surface area contributed by atoms with E-state index in [0.29, 0.717) is 11.0 Å². The molecule has 1 aromatic rings. The fraction of sp³-hybridized carbons (Fsp3) is 0.545. The van der Waals surface area contributed by atoms with Gasteiger partial charge in [0.25, 0.3) is 0 Å². The first-order valence-electron chi connectivity index (χ1n) is 5.96. The number of aliphatic hydroxyl groups is 1. The van der Waals surface area contributed by atoms with Crippen LogP contribution in [-0.2, 0) is 4.79 Å². The number of thiazole rings is 1. The third-order valence-corrected chi connectivity index (χ3v) is 3.54. The molecule has 0 unspecified atom stereocenters. The molecule has 1 aromatic heterocycles. The standard InChI is InChI=1S/C11H15N3O4S/c15-4-3-7(9(16)17)12-10(18)14-11-13-8(5-19-11)6-1-2-6/h5-7,15H,1-4H2,(H,16,17)(H2,12,13,14,18)/t7-/m1/s1. The van der Waals surface area contributed by atoms with Gasteiger partial charge in [-0.2, -0.15) is 0 Å². The van der Waals surface area contributed by atoms with Crippen molar-refractivity contribution in [2.75, 3.05) is 11.9 Å². The van der Waals surface area contributed by atoms with Gasteiger partial charge in [-0.25, -0.2) is 14.6 Å². The SMILES string of the molecule is O=C(Nc1nc(C2CC2)cs1)N[C@H](CCO)C(=O)O. The first-order valence-corrected chi connectivity index (χ1v) is 6.84. The number of aromatic nitrogens is 1. The topological polar surface area (TPSA) is 112 Å². The molecule has 1 saturated carbocycles. The van der Waals surface area contributed by atoms with Crippen LogP contribution in [0, 0.1) is 0 Å². The Morgan fingerprint density at radius 2 is 2.26 bits per heavy atom. The highest BCUT2D eigenvalue weighted by Gasteiger charge is 2.26. The number of nitrogens with zero attached hydrogens (tertiary/aromatic N) is 1. The maximum atomic E-state index is 11.6. The van der Waals surface area contributed by atoms with Crippen LogP contribution in [0.4, 0.5) is 9.93 Å². The van der Waals surface area contributed by atoms with Crippen molar-refractivity contribution in [3.8, 4) is 0 Å². The van der Waals surface area contributed by atoms with Gasteiger partial charge >= 0.3 is 12.0 Å². The number of hydrogen-bond acceptors (Lipinski definition) is 5. The molecule has 7 nitrogen and oxygen atoms in total. The number of aliphatic carboxylic acids is 1. The smallest absolute Gasteiger partial charge is 0.326 e. The number of anilines is 1. The Bertz CT molecular complexity index is 472. The minimum atomic E-state index is -1.18. The van der Waals surface area contributed by atoms with E-state index in [-0.39, 0.29) is 13.0 Å². The summed E-state index contributed by atoms with van der Waals surface area (Å²) in [6.45, 7) is -0.305. The lowest BCUT2D eigenvalue weighted by Gasteiger charge is -2.12. The summed E-state index contributed by atoms with van der Waals surface area (Å²) in [5.41, 5.74) is 0.977. The molecule has 1 aliphatic rings. The molecule has 0 aliphatic heterocycles. The summed E-state index contributed by atoms with van der Waals surface area (Å²) in [5, 5.41) is 24.7. The van der Waals surface area contributed by atoms with E-state index in [1.54, 1.807) is 0 Å². The van der Waals surface area contributed by atoms with Crippen LogP contribution in [0.25, 0.3) is 0 Å². The summed E-state index contributed by atoms with van der Waals surface area (Å²) in [6, 6.07) is -1.73. The zero-order valence-electron chi connectivity index (χ0n) is 10.1. The van der Waals surface area contributed by atoms with Gasteiger partial charge in [0.05, 0.1) is 5.69 Å². The maximum Gasteiger partial charge on any atom is 0.326 e. The number of carboxylic acid groups (broad SMARTS) is 1. The van der Waals surface area contributed by atoms with Crippen LogP contribution < -0.4 is 10.6 Å².